The second kappa shape index (κ2) is 7.65. The number of carboxylic acids is 1. The van der Waals surface area contributed by atoms with Gasteiger partial charge in [0.2, 0.25) is 0 Å². The van der Waals surface area contributed by atoms with Gasteiger partial charge in [-0.05, 0) is 43.5 Å². The SMILES string of the molecule is CC(C)CCOC(C)C(=O)Nc1ccc(C(=O)O)cc1. The molecule has 0 fully saturated rings. The highest BCUT2D eigenvalue weighted by Gasteiger charge is 2.13. The fourth-order valence-corrected chi connectivity index (χ4v) is 1.50. The number of anilines is 1. The molecule has 0 aliphatic rings. The van der Waals surface area contributed by atoms with Crippen LogP contribution in [0.25, 0.3) is 0 Å². The van der Waals surface area contributed by atoms with Crippen LogP contribution in [-0.4, -0.2) is 29.7 Å². The maximum Gasteiger partial charge on any atom is 0.335 e. The molecule has 1 aromatic rings. The van der Waals surface area contributed by atoms with E-state index in [1.54, 1.807) is 19.1 Å². The lowest BCUT2D eigenvalue weighted by molar-refractivity contribution is -0.126. The molecular weight excluding hydrogens is 258 g/mol. The van der Waals surface area contributed by atoms with Gasteiger partial charge in [0.15, 0.2) is 0 Å². The van der Waals surface area contributed by atoms with Crippen molar-refractivity contribution in [2.45, 2.75) is 33.3 Å². The van der Waals surface area contributed by atoms with Crippen molar-refractivity contribution in [2.75, 3.05) is 11.9 Å². The minimum Gasteiger partial charge on any atom is -0.478 e. The molecular formula is C15H21NO4. The van der Waals surface area contributed by atoms with Crippen molar-refractivity contribution >= 4 is 17.6 Å². The summed E-state index contributed by atoms with van der Waals surface area (Å²) >= 11 is 0. The average Bonchev–Trinajstić information content (AvgIpc) is 2.38. The number of ether oxygens (including phenoxy) is 1. The Labute approximate surface area is 118 Å². The quantitative estimate of drug-likeness (QED) is 0.804. The van der Waals surface area contributed by atoms with Crippen molar-refractivity contribution in [1.82, 2.24) is 0 Å². The van der Waals surface area contributed by atoms with Crippen LogP contribution in [0.1, 0.15) is 37.6 Å². The van der Waals surface area contributed by atoms with E-state index in [4.69, 9.17) is 9.84 Å². The largest absolute Gasteiger partial charge is 0.478 e. The van der Waals surface area contributed by atoms with Crippen molar-refractivity contribution in [2.24, 2.45) is 5.92 Å². The van der Waals surface area contributed by atoms with Crippen molar-refractivity contribution < 1.29 is 19.4 Å². The molecule has 0 heterocycles. The number of carbonyl (C=O) groups is 2. The van der Waals surface area contributed by atoms with Crippen molar-refractivity contribution in [3.63, 3.8) is 0 Å². The predicted octanol–water partition coefficient (Wildman–Crippen LogP) is 2.77. The number of hydrogen-bond acceptors (Lipinski definition) is 3. The van der Waals surface area contributed by atoms with Crippen LogP contribution >= 0.6 is 0 Å². The van der Waals surface area contributed by atoms with E-state index in [0.29, 0.717) is 18.2 Å². The molecule has 0 spiro atoms. The Morgan fingerprint density at radius 2 is 1.80 bits per heavy atom. The number of carbonyl (C=O) groups excluding carboxylic acids is 1. The highest BCUT2D eigenvalue weighted by molar-refractivity contribution is 5.94. The lowest BCUT2D eigenvalue weighted by atomic mass is 10.1. The smallest absolute Gasteiger partial charge is 0.335 e. The monoisotopic (exact) mass is 279 g/mol. The Bertz CT molecular complexity index is 453. The van der Waals surface area contributed by atoms with Crippen LogP contribution in [0.15, 0.2) is 24.3 Å². The number of nitrogens with one attached hydrogen (secondary N) is 1. The molecule has 1 amide bonds. The molecule has 0 aromatic heterocycles. The second-order valence-electron chi connectivity index (χ2n) is 5.07. The number of aromatic carboxylic acids is 1. The molecule has 0 bridgehead atoms. The topological polar surface area (TPSA) is 75.6 Å². The zero-order chi connectivity index (χ0) is 15.1. The summed E-state index contributed by atoms with van der Waals surface area (Å²) in [6.07, 6.45) is 0.373. The van der Waals surface area contributed by atoms with Crippen LogP contribution in [0.4, 0.5) is 5.69 Å². The normalized spacial score (nSPS) is 12.2. The number of rotatable bonds is 7. The number of carboxylic acid groups (broad SMARTS) is 1. The molecule has 0 aliphatic carbocycles. The first-order valence-electron chi connectivity index (χ1n) is 6.66. The van der Waals surface area contributed by atoms with Crippen LogP contribution in [0.2, 0.25) is 0 Å². The molecule has 1 atom stereocenters. The highest BCUT2D eigenvalue weighted by Crippen LogP contribution is 2.11. The molecule has 5 nitrogen and oxygen atoms in total. The molecule has 2 N–H and O–H groups in total. The molecule has 0 saturated heterocycles. The van der Waals surface area contributed by atoms with Crippen LogP contribution in [-0.2, 0) is 9.53 Å². The predicted molar refractivity (Wildman–Crippen MR) is 76.9 cm³/mol. The third kappa shape index (κ3) is 5.40. The van der Waals surface area contributed by atoms with Gasteiger partial charge < -0.3 is 15.2 Å². The number of benzene rings is 1. The van der Waals surface area contributed by atoms with Crippen LogP contribution < -0.4 is 5.32 Å². The van der Waals surface area contributed by atoms with Gasteiger partial charge in [-0.1, -0.05) is 13.8 Å². The van der Waals surface area contributed by atoms with Gasteiger partial charge in [0.25, 0.3) is 5.91 Å². The van der Waals surface area contributed by atoms with Gasteiger partial charge >= 0.3 is 5.97 Å². The first-order chi connectivity index (χ1) is 9.40. The summed E-state index contributed by atoms with van der Waals surface area (Å²) in [5.74, 6) is -0.695. The minimum atomic E-state index is -0.992. The lowest BCUT2D eigenvalue weighted by Crippen LogP contribution is -2.28. The summed E-state index contributed by atoms with van der Waals surface area (Å²) in [5.41, 5.74) is 0.739. The standard InChI is InChI=1S/C15H21NO4/c1-10(2)8-9-20-11(3)14(17)16-13-6-4-12(5-7-13)15(18)19/h4-7,10-11H,8-9H2,1-3H3,(H,16,17)(H,18,19). The Balaban J connectivity index is 2.46. The molecule has 0 saturated carbocycles. The number of hydrogen-bond donors (Lipinski definition) is 2. The van der Waals surface area contributed by atoms with Crippen LogP contribution in [0.5, 0.6) is 0 Å². The van der Waals surface area contributed by atoms with Crippen molar-refractivity contribution in [3.05, 3.63) is 29.8 Å². The van der Waals surface area contributed by atoms with E-state index in [1.165, 1.54) is 12.1 Å². The second-order valence-corrected chi connectivity index (χ2v) is 5.07. The zero-order valence-electron chi connectivity index (χ0n) is 12.1. The molecule has 0 radical (unpaired) electrons. The lowest BCUT2D eigenvalue weighted by Gasteiger charge is -2.14. The molecule has 1 unspecified atom stereocenters. The third-order valence-corrected chi connectivity index (χ3v) is 2.83. The van der Waals surface area contributed by atoms with Gasteiger partial charge in [0.1, 0.15) is 6.10 Å². The summed E-state index contributed by atoms with van der Waals surface area (Å²) < 4.78 is 5.44. The fraction of sp³-hybridized carbons (Fsp3) is 0.467. The van der Waals surface area contributed by atoms with E-state index in [0.717, 1.165) is 6.42 Å². The summed E-state index contributed by atoms with van der Waals surface area (Å²) in [7, 11) is 0. The minimum absolute atomic E-state index is 0.184. The van der Waals surface area contributed by atoms with Gasteiger partial charge in [0, 0.05) is 12.3 Å². The van der Waals surface area contributed by atoms with E-state index in [1.807, 2.05) is 0 Å². The molecule has 20 heavy (non-hydrogen) atoms. The summed E-state index contributed by atoms with van der Waals surface area (Å²) in [5, 5.41) is 11.5. The summed E-state index contributed by atoms with van der Waals surface area (Å²) in [4.78, 5) is 22.6. The Kier molecular flexibility index (Phi) is 6.18. The third-order valence-electron chi connectivity index (χ3n) is 2.83. The maximum atomic E-state index is 11.9. The van der Waals surface area contributed by atoms with Gasteiger partial charge in [-0.15, -0.1) is 0 Å². The first kappa shape index (κ1) is 16.2. The molecule has 1 aromatic carbocycles. The molecule has 1 rings (SSSR count). The van der Waals surface area contributed by atoms with E-state index < -0.39 is 12.1 Å². The average molecular weight is 279 g/mol. The number of amides is 1. The van der Waals surface area contributed by atoms with Gasteiger partial charge in [0.05, 0.1) is 5.56 Å². The van der Waals surface area contributed by atoms with Crippen molar-refractivity contribution in [3.8, 4) is 0 Å². The fourth-order valence-electron chi connectivity index (χ4n) is 1.50. The van der Waals surface area contributed by atoms with E-state index in [2.05, 4.69) is 19.2 Å². The van der Waals surface area contributed by atoms with Crippen molar-refractivity contribution in [1.29, 1.82) is 0 Å². The van der Waals surface area contributed by atoms with Gasteiger partial charge in [-0.25, -0.2) is 4.79 Å². The highest BCUT2D eigenvalue weighted by atomic mass is 16.5. The van der Waals surface area contributed by atoms with Crippen LogP contribution in [0, 0.1) is 5.92 Å². The van der Waals surface area contributed by atoms with Gasteiger partial charge in [-0.2, -0.15) is 0 Å². The summed E-state index contributed by atoms with van der Waals surface area (Å²) in [6, 6.07) is 6.01. The van der Waals surface area contributed by atoms with E-state index >= 15 is 0 Å². The first-order valence-corrected chi connectivity index (χ1v) is 6.66. The van der Waals surface area contributed by atoms with E-state index in [-0.39, 0.29) is 11.5 Å². The Morgan fingerprint density at radius 3 is 2.30 bits per heavy atom. The van der Waals surface area contributed by atoms with Gasteiger partial charge in [-0.3, -0.25) is 4.79 Å². The molecule has 5 heteroatoms. The Hall–Kier alpha value is -1.88. The molecule has 110 valence electrons. The summed E-state index contributed by atoms with van der Waals surface area (Å²) in [6.45, 7) is 6.43. The Morgan fingerprint density at radius 1 is 1.20 bits per heavy atom. The van der Waals surface area contributed by atoms with E-state index in [9.17, 15) is 9.59 Å². The van der Waals surface area contributed by atoms with Crippen LogP contribution in [0.3, 0.4) is 0 Å². The zero-order valence-corrected chi connectivity index (χ0v) is 12.1. The maximum absolute atomic E-state index is 11.9. The molecule has 0 aliphatic heterocycles.